The van der Waals surface area contributed by atoms with Crippen LogP contribution in [0.4, 0.5) is 68.2 Å². The van der Waals surface area contributed by atoms with E-state index in [1.165, 1.54) is 33.4 Å². The van der Waals surface area contributed by atoms with Gasteiger partial charge in [0.05, 0.1) is 41.1 Å². The summed E-state index contributed by atoms with van der Waals surface area (Å²) in [7, 11) is 7.10. The van der Waals surface area contributed by atoms with Crippen molar-refractivity contribution < 1.29 is 19.1 Å². The van der Waals surface area contributed by atoms with Gasteiger partial charge in [-0.15, -0.1) is 15.3 Å². The van der Waals surface area contributed by atoms with Crippen LogP contribution < -0.4 is 24.3 Å². The molecule has 0 unspecified atom stereocenters. The Balaban J connectivity index is 0.733. The minimum Gasteiger partial charge on any atom is -0.494 e. The van der Waals surface area contributed by atoms with Crippen molar-refractivity contribution in [3.8, 4) is 39.1 Å². The Labute approximate surface area is 675 Å². The van der Waals surface area contributed by atoms with Crippen molar-refractivity contribution in [2.45, 2.75) is 73.1 Å². The summed E-state index contributed by atoms with van der Waals surface area (Å²) in [5, 5.41) is 36.1. The number of rotatable bonds is 19. The van der Waals surface area contributed by atoms with Crippen LogP contribution in [0.1, 0.15) is 113 Å². The second-order valence-corrected chi connectivity index (χ2v) is 30.2. The molecule has 0 heterocycles. The van der Waals surface area contributed by atoms with Crippen molar-refractivity contribution in [2.75, 3.05) is 47.9 Å². The van der Waals surface area contributed by atoms with E-state index in [-0.39, 0.29) is 17.7 Å². The van der Waals surface area contributed by atoms with Gasteiger partial charge in [0.2, 0.25) is 0 Å². The van der Waals surface area contributed by atoms with Crippen LogP contribution in [0, 0.1) is 13.8 Å². The fourth-order valence-electron chi connectivity index (χ4n) is 17.7. The zero-order valence-corrected chi connectivity index (χ0v) is 66.3. The number of para-hydroxylation sites is 3. The third-order valence-corrected chi connectivity index (χ3v) is 23.8. The highest BCUT2D eigenvalue weighted by atomic mass is 16.5. The van der Waals surface area contributed by atoms with Crippen molar-refractivity contribution in [1.82, 2.24) is 0 Å². The zero-order valence-electron chi connectivity index (χ0n) is 66.3. The number of anilines is 6. The van der Waals surface area contributed by atoms with Crippen LogP contribution in [0.25, 0.3) is 65.7 Å². The molecule has 15 aromatic carbocycles. The molecule has 18 rings (SSSR count). The zero-order chi connectivity index (χ0) is 79.6. The topological polar surface area (TPSA) is 148 Å². The average molecular weight is 1510 g/mol. The maximum absolute atomic E-state index is 15.0. The van der Waals surface area contributed by atoms with Crippen LogP contribution in [-0.4, -0.2) is 46.0 Å². The van der Waals surface area contributed by atoms with Crippen LogP contribution in [-0.2, 0) is 38.5 Å². The molecule has 0 saturated carbocycles. The van der Waals surface area contributed by atoms with Gasteiger partial charge in [0.1, 0.15) is 5.69 Å². The molecule has 3 aliphatic carbocycles. The minimum atomic E-state index is -0.231. The number of nitrogens with zero attached hydrogens (tertiary/aromatic N) is 10. The summed E-state index contributed by atoms with van der Waals surface area (Å²) in [6.45, 7) is 10.3. The van der Waals surface area contributed by atoms with Gasteiger partial charge in [0, 0.05) is 82.6 Å². The fraction of sp³-hybridized carbons (Fsp3) is 0.147. The first kappa shape index (κ1) is 73.4. The van der Waals surface area contributed by atoms with Crippen LogP contribution in [0.5, 0.6) is 5.75 Å². The molecule has 0 fully saturated rings. The van der Waals surface area contributed by atoms with Gasteiger partial charge in [-0.1, -0.05) is 185 Å². The van der Waals surface area contributed by atoms with E-state index in [0.717, 1.165) is 160 Å². The lowest BCUT2D eigenvalue weighted by molar-refractivity contribution is 0.0983. The molecule has 0 radical (unpaired) electrons. The minimum absolute atomic E-state index is 0.129. The quantitative estimate of drug-likeness (QED) is 0.0740. The summed E-state index contributed by atoms with van der Waals surface area (Å²) in [6.07, 6.45) is 4.44. The molecule has 14 heteroatoms. The Bertz CT molecular complexity index is 6380. The summed E-state index contributed by atoms with van der Waals surface area (Å²) < 4.78 is 6.33. The first-order valence-electron chi connectivity index (χ1n) is 39.7. The number of fused-ring (bicyclic) bond motifs is 15. The molecule has 0 atom stereocenters. The van der Waals surface area contributed by atoms with E-state index in [9.17, 15) is 9.59 Å². The summed E-state index contributed by atoms with van der Waals surface area (Å²) >= 11 is 0. The third kappa shape index (κ3) is 12.8. The molecule has 116 heavy (non-hydrogen) atoms. The van der Waals surface area contributed by atoms with Crippen molar-refractivity contribution in [3.63, 3.8) is 0 Å². The predicted molar refractivity (Wildman–Crippen MR) is 472 cm³/mol. The number of hydrogen-bond acceptors (Lipinski definition) is 11. The van der Waals surface area contributed by atoms with Crippen LogP contribution in [0.15, 0.2) is 304 Å². The number of methoxy groups -OCH3 is 1. The number of benzene rings is 15. The summed E-state index contributed by atoms with van der Waals surface area (Å²) in [4.78, 5) is 52.2. The van der Waals surface area contributed by atoms with Crippen LogP contribution in [0.2, 0.25) is 0 Å². The number of carbonyl (C=O) groups is 3. The first-order chi connectivity index (χ1) is 56.7. The van der Waals surface area contributed by atoms with Gasteiger partial charge in [-0.3, -0.25) is 14.4 Å². The van der Waals surface area contributed by atoms with Gasteiger partial charge < -0.3 is 24.3 Å². The van der Waals surface area contributed by atoms with Gasteiger partial charge in [-0.2, -0.15) is 15.3 Å². The molecule has 0 saturated heterocycles. The molecular weight excluding hydrogens is 1430 g/mol. The second kappa shape index (κ2) is 30.4. The van der Waals surface area contributed by atoms with E-state index in [1.54, 1.807) is 21.8 Å². The lowest BCUT2D eigenvalue weighted by atomic mass is 9.92. The van der Waals surface area contributed by atoms with Gasteiger partial charge in [0.25, 0.3) is 17.7 Å². The Kier molecular flexibility index (Phi) is 19.2. The van der Waals surface area contributed by atoms with E-state index >= 15 is 4.79 Å². The molecule has 3 aliphatic rings. The monoisotopic (exact) mass is 1510 g/mol. The molecular formula is C102H84N10O4. The summed E-state index contributed by atoms with van der Waals surface area (Å²) in [5.74, 6) is -0.152. The van der Waals surface area contributed by atoms with Crippen molar-refractivity contribution in [1.29, 1.82) is 0 Å². The molecule has 0 aliphatic heterocycles. The molecule has 0 spiro atoms. The average Bonchev–Trinajstić information content (AvgIpc) is 1.62. The van der Waals surface area contributed by atoms with E-state index in [4.69, 9.17) is 35.4 Å². The summed E-state index contributed by atoms with van der Waals surface area (Å²) in [6, 6.07) is 92.3. The molecule has 15 aromatic rings. The molecule has 0 N–H and O–H groups in total. The number of hydrogen-bond donors (Lipinski definition) is 0. The van der Waals surface area contributed by atoms with E-state index < -0.39 is 0 Å². The lowest BCUT2D eigenvalue weighted by Gasteiger charge is -2.25. The Morgan fingerprint density at radius 2 is 0.621 bits per heavy atom. The Morgan fingerprint density at radius 3 is 0.957 bits per heavy atom. The summed E-state index contributed by atoms with van der Waals surface area (Å²) in [5.41, 5.74) is 28.8. The number of amides is 3. The van der Waals surface area contributed by atoms with Gasteiger partial charge in [-0.25, -0.2) is 0 Å². The van der Waals surface area contributed by atoms with Crippen molar-refractivity contribution in [3.05, 3.63) is 351 Å². The molecule has 3 amide bonds. The highest BCUT2D eigenvalue weighted by Crippen LogP contribution is 2.52. The van der Waals surface area contributed by atoms with Gasteiger partial charge >= 0.3 is 0 Å². The predicted octanol–water partition coefficient (Wildman–Crippen LogP) is 26.7. The second-order valence-electron chi connectivity index (χ2n) is 30.2. The SMILES string of the molecule is CCc1ccccc1N(C)C(=O)c1cc2ccc3c(c2c(N=Nc2ccc(N(c4ccc(N=Nc5c(C)c(C(=O)N(C)c6ccccc6CC)cc6ccc7c(c56)Cc5ccccc5-7)cc4)c4ccc(N=Nc5c(OC)c(C(=O)N(C)c6ccccc6CC)cc6ccc7c(c56)Cc5ccccc5-7)cc4)cc2)c1C)Cc1ccccc1-3. The van der Waals surface area contributed by atoms with E-state index in [0.29, 0.717) is 63.0 Å². The third-order valence-electron chi connectivity index (χ3n) is 23.8. The lowest BCUT2D eigenvalue weighted by Crippen LogP contribution is -2.28. The van der Waals surface area contributed by atoms with Gasteiger partial charge in [0.15, 0.2) is 5.75 Å². The first-order valence-corrected chi connectivity index (χ1v) is 39.7. The van der Waals surface area contributed by atoms with Crippen molar-refractivity contribution in [2.24, 2.45) is 30.7 Å². The Hall–Kier alpha value is -14.1. The maximum atomic E-state index is 15.0. The largest absolute Gasteiger partial charge is 0.494 e. The van der Waals surface area contributed by atoms with Crippen LogP contribution in [0.3, 0.4) is 0 Å². The molecule has 14 nitrogen and oxygen atoms in total. The standard InChI is InChI=1S/C102H84N10O4/c1-10-63-25-16-22-34-90(63)109(6)100(113)84-58-69-37-52-81-78-31-19-13-28-66(78)55-86(81)93(69)96(61(84)4)106-103-72-40-46-75(47-41-72)112(76-48-42-73(43-49-76)104-107-97-62(5)85(101(114)110(7)91-35-23-17-26-64(91)11-2)59-70-38-53-82-79-32-20-14-29-67(79)56-87(82)94(70)97)77-50-44-74(45-51-77)105-108-98-95-71(39-54-83-80-33-21-15-30-68(80)57-88(83)95)60-89(99(98)116-9)102(115)111(8)92-36-24-18-27-65(92)12-3/h13-54,58-60H,10-12,55-57H2,1-9H3. The normalized spacial score (nSPS) is 12.4. The molecule has 566 valence electrons. The highest BCUT2D eigenvalue weighted by molar-refractivity contribution is 6.17. The van der Waals surface area contributed by atoms with E-state index in [2.05, 4.69) is 153 Å². The van der Waals surface area contributed by atoms with Crippen molar-refractivity contribution >= 4 is 118 Å². The molecule has 0 aromatic heterocycles. The Morgan fingerprint density at radius 1 is 0.328 bits per heavy atom. The maximum Gasteiger partial charge on any atom is 0.261 e. The van der Waals surface area contributed by atoms with Gasteiger partial charge in [-0.05, 0) is 272 Å². The van der Waals surface area contributed by atoms with Crippen LogP contribution >= 0.6 is 0 Å². The highest BCUT2D eigenvalue weighted by Gasteiger charge is 2.32. The number of ether oxygens (including phenoxy) is 1. The smallest absolute Gasteiger partial charge is 0.261 e. The number of carbonyl (C=O) groups excluding carboxylic acids is 3. The number of aryl methyl sites for hydroxylation is 3. The fourth-order valence-corrected chi connectivity index (χ4v) is 17.7. The molecule has 0 bridgehead atoms. The van der Waals surface area contributed by atoms with E-state index in [1.807, 2.05) is 181 Å². The number of azo groups is 3.